The van der Waals surface area contributed by atoms with E-state index in [1.165, 1.54) is 37.3 Å². The summed E-state index contributed by atoms with van der Waals surface area (Å²) >= 11 is 0. The van der Waals surface area contributed by atoms with Gasteiger partial charge in [-0.3, -0.25) is 9.59 Å². The summed E-state index contributed by atoms with van der Waals surface area (Å²) in [6.45, 7) is 0.0586. The number of nitrogens with zero attached hydrogens (tertiary/aromatic N) is 1. The lowest BCUT2D eigenvalue weighted by Gasteiger charge is -2.18. The van der Waals surface area contributed by atoms with Crippen LogP contribution in [0.4, 0.5) is 18.9 Å². The average molecular weight is 450 g/mol. The Kier molecular flexibility index (Phi) is 6.71. The molecule has 3 rings (SSSR count). The molecule has 170 valence electrons. The van der Waals surface area contributed by atoms with Crippen LogP contribution in [0.3, 0.4) is 0 Å². The van der Waals surface area contributed by atoms with Gasteiger partial charge >= 0.3 is 12.1 Å². The van der Waals surface area contributed by atoms with Crippen LogP contribution in [0.2, 0.25) is 0 Å². The van der Waals surface area contributed by atoms with Gasteiger partial charge in [0.25, 0.3) is 0 Å². The predicted octanol–water partition coefficient (Wildman–Crippen LogP) is 3.17. The number of rotatable bonds is 6. The van der Waals surface area contributed by atoms with Gasteiger partial charge < -0.3 is 19.7 Å². The topological polar surface area (TPSA) is 84.9 Å². The van der Waals surface area contributed by atoms with Crippen molar-refractivity contribution in [3.63, 3.8) is 0 Å². The minimum absolute atomic E-state index is 0.0258. The third-order valence-corrected chi connectivity index (χ3v) is 5.12. The number of esters is 1. The van der Waals surface area contributed by atoms with Crippen molar-refractivity contribution in [3.8, 4) is 5.75 Å². The number of carbonyl (C=O) groups is 3. The summed E-state index contributed by atoms with van der Waals surface area (Å²) in [5, 5.41) is 2.70. The number of carbonyl (C=O) groups excluding carboxylic acids is 3. The first-order valence-electron chi connectivity index (χ1n) is 9.64. The summed E-state index contributed by atoms with van der Waals surface area (Å²) in [5.74, 6) is -1.82. The Morgan fingerprint density at radius 2 is 1.91 bits per heavy atom. The predicted molar refractivity (Wildman–Crippen MR) is 108 cm³/mol. The van der Waals surface area contributed by atoms with Crippen LogP contribution < -0.4 is 15.0 Å². The molecule has 2 aromatic carbocycles. The van der Waals surface area contributed by atoms with Crippen LogP contribution in [0, 0.1) is 5.92 Å². The number of anilines is 1. The van der Waals surface area contributed by atoms with Crippen molar-refractivity contribution in [2.24, 2.45) is 5.92 Å². The van der Waals surface area contributed by atoms with E-state index in [1.54, 1.807) is 12.1 Å². The van der Waals surface area contributed by atoms with Crippen molar-refractivity contribution in [1.82, 2.24) is 5.32 Å². The number of ether oxygens (including phenoxy) is 2. The number of methoxy groups -OCH3 is 2. The fourth-order valence-corrected chi connectivity index (χ4v) is 3.45. The summed E-state index contributed by atoms with van der Waals surface area (Å²) in [5.41, 5.74) is 0.0433. The Morgan fingerprint density at radius 1 is 1.16 bits per heavy atom. The number of hydrogen-bond donors (Lipinski definition) is 1. The summed E-state index contributed by atoms with van der Waals surface area (Å²) in [6.07, 6.45) is -4.64. The molecule has 0 aromatic heterocycles. The molecule has 2 aromatic rings. The maximum Gasteiger partial charge on any atom is 0.416 e. The zero-order valence-electron chi connectivity index (χ0n) is 17.4. The molecule has 2 amide bonds. The van der Waals surface area contributed by atoms with Crippen LogP contribution in [0.25, 0.3) is 0 Å². The van der Waals surface area contributed by atoms with Gasteiger partial charge in [0.05, 0.1) is 25.7 Å². The Morgan fingerprint density at radius 3 is 2.56 bits per heavy atom. The Balaban J connectivity index is 1.66. The molecule has 0 bridgehead atoms. The van der Waals surface area contributed by atoms with E-state index in [0.29, 0.717) is 11.3 Å². The zero-order valence-corrected chi connectivity index (χ0v) is 17.4. The van der Waals surface area contributed by atoms with Gasteiger partial charge in [-0.15, -0.1) is 0 Å². The number of amides is 2. The molecule has 32 heavy (non-hydrogen) atoms. The fourth-order valence-electron chi connectivity index (χ4n) is 3.45. The van der Waals surface area contributed by atoms with E-state index in [-0.39, 0.29) is 30.8 Å². The molecular weight excluding hydrogens is 429 g/mol. The third-order valence-electron chi connectivity index (χ3n) is 5.12. The minimum atomic E-state index is -4.53. The quantitative estimate of drug-likeness (QED) is 0.684. The molecule has 1 saturated heterocycles. The second-order valence-corrected chi connectivity index (χ2v) is 7.20. The molecule has 0 saturated carbocycles. The fraction of sp³-hybridized carbons (Fsp3) is 0.318. The summed E-state index contributed by atoms with van der Waals surface area (Å²) in [6, 6.07) is 9.21. The van der Waals surface area contributed by atoms with Crippen molar-refractivity contribution in [2.75, 3.05) is 25.7 Å². The maximum atomic E-state index is 13.0. The Hall–Kier alpha value is -3.56. The van der Waals surface area contributed by atoms with E-state index in [2.05, 4.69) is 5.32 Å². The number of halogens is 3. The first-order valence-corrected chi connectivity index (χ1v) is 9.64. The van der Waals surface area contributed by atoms with Crippen LogP contribution in [0.5, 0.6) is 5.75 Å². The highest BCUT2D eigenvalue weighted by Gasteiger charge is 2.36. The first-order chi connectivity index (χ1) is 15.1. The van der Waals surface area contributed by atoms with Gasteiger partial charge in [-0.1, -0.05) is 12.1 Å². The minimum Gasteiger partial charge on any atom is -0.496 e. The Labute approximate surface area is 182 Å². The van der Waals surface area contributed by atoms with E-state index in [9.17, 15) is 27.6 Å². The molecular formula is C22H21F3N2O5. The third kappa shape index (κ3) is 5.01. The van der Waals surface area contributed by atoms with Gasteiger partial charge in [-0.05, 0) is 35.9 Å². The lowest BCUT2D eigenvalue weighted by atomic mass is 10.1. The standard InChI is InChI=1S/C22H21F3N2O5/c1-31-18-7-6-13(8-17(18)21(30)32-2)11-26-20(29)14-9-19(28)27(12-14)16-5-3-4-15(10-16)22(23,24)25/h3-8,10,14H,9,11-12H2,1-2H3,(H,26,29)/t14-/m0/s1. The van der Waals surface area contributed by atoms with Gasteiger partial charge in [0, 0.05) is 25.2 Å². The van der Waals surface area contributed by atoms with E-state index in [4.69, 9.17) is 9.47 Å². The van der Waals surface area contributed by atoms with Crippen LogP contribution in [-0.4, -0.2) is 38.5 Å². The molecule has 0 spiro atoms. The number of hydrogen-bond acceptors (Lipinski definition) is 5. The van der Waals surface area contributed by atoms with E-state index < -0.39 is 35.4 Å². The highest BCUT2D eigenvalue weighted by Crippen LogP contribution is 2.33. The molecule has 1 fully saturated rings. The van der Waals surface area contributed by atoms with Gasteiger partial charge in [0.1, 0.15) is 11.3 Å². The summed E-state index contributed by atoms with van der Waals surface area (Å²) in [7, 11) is 2.65. The Bertz CT molecular complexity index is 1040. The number of benzene rings is 2. The summed E-state index contributed by atoms with van der Waals surface area (Å²) < 4.78 is 48.7. The highest BCUT2D eigenvalue weighted by atomic mass is 19.4. The molecule has 0 unspecified atom stereocenters. The smallest absolute Gasteiger partial charge is 0.416 e. The molecule has 10 heteroatoms. The van der Waals surface area contributed by atoms with Crippen LogP contribution >= 0.6 is 0 Å². The second-order valence-electron chi connectivity index (χ2n) is 7.20. The van der Waals surface area contributed by atoms with Crippen molar-refractivity contribution >= 4 is 23.5 Å². The lowest BCUT2D eigenvalue weighted by Crippen LogP contribution is -2.32. The molecule has 1 N–H and O–H groups in total. The van der Waals surface area contributed by atoms with E-state index in [0.717, 1.165) is 12.1 Å². The van der Waals surface area contributed by atoms with Gasteiger partial charge in [0.2, 0.25) is 11.8 Å². The summed E-state index contributed by atoms with van der Waals surface area (Å²) in [4.78, 5) is 38.0. The molecule has 7 nitrogen and oxygen atoms in total. The van der Waals surface area contributed by atoms with Crippen molar-refractivity contribution in [1.29, 1.82) is 0 Å². The number of alkyl halides is 3. The van der Waals surface area contributed by atoms with Crippen LogP contribution in [-0.2, 0) is 27.0 Å². The molecule has 1 atom stereocenters. The van der Waals surface area contributed by atoms with E-state index >= 15 is 0 Å². The van der Waals surface area contributed by atoms with Crippen LogP contribution in [0.15, 0.2) is 42.5 Å². The maximum absolute atomic E-state index is 13.0. The SMILES string of the molecule is COC(=O)c1cc(CNC(=O)[C@H]2CC(=O)N(c3cccc(C(F)(F)F)c3)C2)ccc1OC. The van der Waals surface area contributed by atoms with Gasteiger partial charge in [-0.25, -0.2) is 4.79 Å². The highest BCUT2D eigenvalue weighted by molar-refractivity contribution is 6.00. The van der Waals surface area contributed by atoms with E-state index in [1.807, 2.05) is 0 Å². The molecule has 0 radical (unpaired) electrons. The van der Waals surface area contributed by atoms with Gasteiger partial charge in [-0.2, -0.15) is 13.2 Å². The normalized spacial score (nSPS) is 16.1. The lowest BCUT2D eigenvalue weighted by molar-refractivity contribution is -0.137. The second kappa shape index (κ2) is 9.29. The number of nitrogens with one attached hydrogen (secondary N) is 1. The average Bonchev–Trinajstić information content (AvgIpc) is 3.18. The van der Waals surface area contributed by atoms with Crippen molar-refractivity contribution in [3.05, 3.63) is 59.2 Å². The van der Waals surface area contributed by atoms with Crippen molar-refractivity contribution < 1.29 is 37.0 Å². The van der Waals surface area contributed by atoms with Crippen LogP contribution in [0.1, 0.15) is 27.9 Å². The first kappa shape index (κ1) is 23.1. The largest absolute Gasteiger partial charge is 0.496 e. The monoisotopic (exact) mass is 450 g/mol. The molecule has 1 heterocycles. The molecule has 1 aliphatic rings. The molecule has 1 aliphatic heterocycles. The zero-order chi connectivity index (χ0) is 23.5. The van der Waals surface area contributed by atoms with Crippen molar-refractivity contribution in [2.45, 2.75) is 19.1 Å². The van der Waals surface area contributed by atoms with Gasteiger partial charge in [0.15, 0.2) is 0 Å². The molecule has 0 aliphatic carbocycles.